The van der Waals surface area contributed by atoms with Crippen molar-refractivity contribution in [3.63, 3.8) is 0 Å². The smallest absolute Gasteiger partial charge is 0.337 e. The van der Waals surface area contributed by atoms with Crippen LogP contribution >= 0.6 is 11.3 Å². The van der Waals surface area contributed by atoms with Crippen molar-refractivity contribution in [3.05, 3.63) is 77.2 Å². The molecule has 0 saturated carbocycles. The normalized spacial score (nSPS) is 15.7. The highest BCUT2D eigenvalue weighted by Crippen LogP contribution is 2.31. The molecule has 160 valence electrons. The van der Waals surface area contributed by atoms with Crippen molar-refractivity contribution < 1.29 is 23.1 Å². The number of carboxylic acids is 1. The Hall–Kier alpha value is -2.78. The molecule has 0 unspecified atom stereocenters. The molecule has 1 aliphatic rings. The SMILES string of the molecule is O=C(O)C(=Cc1ccc(-c2ccccc2)cc1)c1ccc(S(=O)(=O)N2CCOCC2)s1. The van der Waals surface area contributed by atoms with Gasteiger partial charge in [0.25, 0.3) is 10.0 Å². The van der Waals surface area contributed by atoms with Crippen LogP contribution in [0.2, 0.25) is 0 Å². The molecule has 8 heteroatoms. The highest BCUT2D eigenvalue weighted by Gasteiger charge is 2.28. The molecule has 1 aromatic heterocycles. The summed E-state index contributed by atoms with van der Waals surface area (Å²) in [6, 6.07) is 20.5. The molecule has 1 saturated heterocycles. The number of benzene rings is 2. The van der Waals surface area contributed by atoms with Crippen molar-refractivity contribution in [1.29, 1.82) is 0 Å². The van der Waals surface area contributed by atoms with Crippen LogP contribution in [-0.4, -0.2) is 50.1 Å². The maximum Gasteiger partial charge on any atom is 0.337 e. The van der Waals surface area contributed by atoms with Crippen LogP contribution in [0.15, 0.2) is 70.9 Å². The standard InChI is InChI=1S/C23H21NO5S2/c25-23(26)20(16-17-6-8-19(9-7-17)18-4-2-1-3-5-18)21-10-11-22(30-21)31(27,28)24-12-14-29-15-13-24/h1-11,16H,12-15H2,(H,25,26). The molecule has 1 fully saturated rings. The highest BCUT2D eigenvalue weighted by atomic mass is 32.2. The third-order valence-electron chi connectivity index (χ3n) is 4.97. The fourth-order valence-corrected chi connectivity index (χ4v) is 6.20. The largest absolute Gasteiger partial charge is 0.478 e. The zero-order valence-electron chi connectivity index (χ0n) is 16.6. The second-order valence-corrected chi connectivity index (χ2v) is 10.2. The van der Waals surface area contributed by atoms with Crippen LogP contribution < -0.4 is 0 Å². The lowest BCUT2D eigenvalue weighted by molar-refractivity contribution is -0.130. The molecule has 0 amide bonds. The Bertz CT molecular complexity index is 1190. The second-order valence-electron chi connectivity index (χ2n) is 6.99. The summed E-state index contributed by atoms with van der Waals surface area (Å²) in [7, 11) is -3.66. The number of rotatable bonds is 6. The van der Waals surface area contributed by atoms with Gasteiger partial charge in [-0.05, 0) is 34.9 Å². The Morgan fingerprint density at radius 3 is 2.23 bits per heavy atom. The lowest BCUT2D eigenvalue weighted by atomic mass is 10.0. The van der Waals surface area contributed by atoms with E-state index in [-0.39, 0.29) is 9.78 Å². The quantitative estimate of drug-likeness (QED) is 0.567. The van der Waals surface area contributed by atoms with Gasteiger partial charge in [0, 0.05) is 18.0 Å². The van der Waals surface area contributed by atoms with E-state index >= 15 is 0 Å². The lowest BCUT2D eigenvalue weighted by Gasteiger charge is -2.25. The van der Waals surface area contributed by atoms with Crippen LogP contribution in [0.4, 0.5) is 0 Å². The summed E-state index contributed by atoms with van der Waals surface area (Å²) in [4.78, 5) is 12.3. The van der Waals surface area contributed by atoms with Crippen LogP contribution in [0.5, 0.6) is 0 Å². The predicted octanol–water partition coefficient (Wildman–Crippen LogP) is 4.06. The summed E-state index contributed by atoms with van der Waals surface area (Å²) in [5.74, 6) is -1.11. The molecule has 2 aromatic carbocycles. The van der Waals surface area contributed by atoms with Gasteiger partial charge in [-0.1, -0.05) is 54.6 Å². The van der Waals surface area contributed by atoms with Gasteiger partial charge < -0.3 is 9.84 Å². The zero-order valence-corrected chi connectivity index (χ0v) is 18.2. The van der Waals surface area contributed by atoms with Crippen molar-refractivity contribution in [2.45, 2.75) is 4.21 Å². The third kappa shape index (κ3) is 4.77. The molecule has 0 bridgehead atoms. The molecule has 3 aromatic rings. The summed E-state index contributed by atoms with van der Waals surface area (Å²) in [6.45, 7) is 1.31. The van der Waals surface area contributed by atoms with E-state index < -0.39 is 16.0 Å². The summed E-state index contributed by atoms with van der Waals surface area (Å²) >= 11 is 0.970. The van der Waals surface area contributed by atoms with Gasteiger partial charge in [0.1, 0.15) is 4.21 Å². The van der Waals surface area contributed by atoms with E-state index in [9.17, 15) is 18.3 Å². The van der Waals surface area contributed by atoms with Crippen molar-refractivity contribution in [2.24, 2.45) is 0 Å². The number of nitrogens with zero attached hydrogens (tertiary/aromatic N) is 1. The molecule has 2 heterocycles. The molecule has 1 N–H and O–H groups in total. The van der Waals surface area contributed by atoms with Crippen LogP contribution in [0.1, 0.15) is 10.4 Å². The van der Waals surface area contributed by atoms with Gasteiger partial charge >= 0.3 is 5.97 Å². The number of morpholine rings is 1. The number of carbonyl (C=O) groups is 1. The van der Waals surface area contributed by atoms with E-state index in [1.165, 1.54) is 10.4 Å². The maximum absolute atomic E-state index is 12.8. The van der Waals surface area contributed by atoms with Crippen molar-refractivity contribution in [2.75, 3.05) is 26.3 Å². The Balaban J connectivity index is 1.61. The topological polar surface area (TPSA) is 83.9 Å². The number of hydrogen-bond donors (Lipinski definition) is 1. The fraction of sp³-hybridized carbons (Fsp3) is 0.174. The van der Waals surface area contributed by atoms with E-state index in [0.29, 0.717) is 31.2 Å². The number of hydrogen-bond acceptors (Lipinski definition) is 5. The van der Waals surface area contributed by atoms with E-state index in [1.807, 2.05) is 54.6 Å². The number of ether oxygens (including phenoxy) is 1. The van der Waals surface area contributed by atoms with Crippen molar-refractivity contribution in [1.82, 2.24) is 4.31 Å². The van der Waals surface area contributed by atoms with Crippen LogP contribution in [0.25, 0.3) is 22.8 Å². The predicted molar refractivity (Wildman–Crippen MR) is 121 cm³/mol. The third-order valence-corrected chi connectivity index (χ3v) is 8.45. The first-order valence-corrected chi connectivity index (χ1v) is 12.0. The molecule has 4 rings (SSSR count). The highest BCUT2D eigenvalue weighted by molar-refractivity contribution is 7.91. The molecule has 6 nitrogen and oxygen atoms in total. The van der Waals surface area contributed by atoms with Gasteiger partial charge in [0.15, 0.2) is 0 Å². The second kappa shape index (κ2) is 9.15. The van der Waals surface area contributed by atoms with Gasteiger partial charge in [0.2, 0.25) is 0 Å². The molecule has 0 spiro atoms. The van der Waals surface area contributed by atoms with E-state index in [0.717, 1.165) is 28.0 Å². The fourth-order valence-electron chi connectivity index (χ4n) is 3.33. The Kier molecular flexibility index (Phi) is 6.33. The lowest BCUT2D eigenvalue weighted by Crippen LogP contribution is -2.40. The molecular weight excluding hydrogens is 434 g/mol. The van der Waals surface area contributed by atoms with E-state index in [2.05, 4.69) is 0 Å². The van der Waals surface area contributed by atoms with E-state index in [4.69, 9.17) is 4.74 Å². The molecule has 1 aliphatic heterocycles. The Morgan fingerprint density at radius 2 is 1.58 bits per heavy atom. The average Bonchev–Trinajstić information content (AvgIpc) is 3.30. The van der Waals surface area contributed by atoms with Gasteiger partial charge in [-0.25, -0.2) is 13.2 Å². The number of carboxylic acid groups (broad SMARTS) is 1. The Labute approximate surface area is 185 Å². The first kappa shape index (κ1) is 21.5. The van der Waals surface area contributed by atoms with Crippen LogP contribution in [0, 0.1) is 0 Å². The minimum absolute atomic E-state index is 0.0564. The number of aliphatic carboxylic acids is 1. The van der Waals surface area contributed by atoms with Gasteiger partial charge in [0.05, 0.1) is 18.8 Å². The summed E-state index contributed by atoms with van der Waals surface area (Å²) < 4.78 is 32.4. The maximum atomic E-state index is 12.8. The van der Waals surface area contributed by atoms with E-state index in [1.54, 1.807) is 12.1 Å². The zero-order chi connectivity index (χ0) is 21.8. The summed E-state index contributed by atoms with van der Waals surface area (Å²) in [6.07, 6.45) is 1.56. The van der Waals surface area contributed by atoms with Gasteiger partial charge in [-0.3, -0.25) is 0 Å². The first-order chi connectivity index (χ1) is 14.9. The molecule has 0 aliphatic carbocycles. The minimum atomic E-state index is -3.66. The van der Waals surface area contributed by atoms with Crippen LogP contribution in [-0.2, 0) is 19.6 Å². The number of thiophene rings is 1. The van der Waals surface area contributed by atoms with Crippen molar-refractivity contribution in [3.8, 4) is 11.1 Å². The Morgan fingerprint density at radius 1 is 0.935 bits per heavy atom. The number of sulfonamides is 1. The molecule has 0 atom stereocenters. The van der Waals surface area contributed by atoms with Gasteiger partial charge in [-0.15, -0.1) is 11.3 Å². The van der Waals surface area contributed by atoms with Crippen molar-refractivity contribution >= 4 is 39.0 Å². The van der Waals surface area contributed by atoms with Crippen LogP contribution in [0.3, 0.4) is 0 Å². The van der Waals surface area contributed by atoms with Gasteiger partial charge in [-0.2, -0.15) is 4.31 Å². The molecule has 31 heavy (non-hydrogen) atoms. The molecule has 0 radical (unpaired) electrons. The monoisotopic (exact) mass is 455 g/mol. The summed E-state index contributed by atoms with van der Waals surface area (Å²) in [5.41, 5.74) is 2.89. The summed E-state index contributed by atoms with van der Waals surface area (Å²) in [5, 5.41) is 9.74. The average molecular weight is 456 g/mol. The first-order valence-electron chi connectivity index (χ1n) is 9.74. The molecular formula is C23H21NO5S2. The minimum Gasteiger partial charge on any atom is -0.478 e.